The number of aryl methyl sites for hydroxylation is 2. The van der Waals surface area contributed by atoms with Crippen molar-refractivity contribution in [3.05, 3.63) is 89.2 Å². The highest BCUT2D eigenvalue weighted by molar-refractivity contribution is 6.14. The molecule has 1 aliphatic heterocycles. The Balaban J connectivity index is 1.54. The molecule has 1 aliphatic rings. The number of rotatable bonds is 5. The molecule has 1 amide bonds. The Bertz CT molecular complexity index is 1480. The SMILES string of the molecule is CCc1nn2c(C)cc(N3CCN(C(=O)OC(C)(C)C)[C@@H](C)C3)nc2c1N=C(c1ccccc1)c1ccccc1. The van der Waals surface area contributed by atoms with Crippen molar-refractivity contribution < 1.29 is 9.53 Å². The molecule has 5 rings (SSSR count). The van der Waals surface area contributed by atoms with Gasteiger partial charge in [0, 0.05) is 48.6 Å². The van der Waals surface area contributed by atoms with E-state index < -0.39 is 5.60 Å². The Morgan fingerprint density at radius 3 is 2.20 bits per heavy atom. The first kappa shape index (κ1) is 27.4. The average Bonchev–Trinajstić information content (AvgIpc) is 3.29. The van der Waals surface area contributed by atoms with Crippen molar-refractivity contribution in [1.29, 1.82) is 0 Å². The maximum atomic E-state index is 12.8. The van der Waals surface area contributed by atoms with E-state index in [0.29, 0.717) is 19.6 Å². The predicted molar refractivity (Wildman–Crippen MR) is 160 cm³/mol. The third-order valence-corrected chi connectivity index (χ3v) is 7.03. The summed E-state index contributed by atoms with van der Waals surface area (Å²) in [6, 6.07) is 22.5. The average molecular weight is 539 g/mol. The second-order valence-corrected chi connectivity index (χ2v) is 11.3. The van der Waals surface area contributed by atoms with Crippen LogP contribution in [0.15, 0.2) is 71.7 Å². The van der Waals surface area contributed by atoms with E-state index in [-0.39, 0.29) is 12.1 Å². The summed E-state index contributed by atoms with van der Waals surface area (Å²) in [5.41, 5.74) is 5.85. The molecule has 40 heavy (non-hydrogen) atoms. The van der Waals surface area contributed by atoms with Crippen LogP contribution in [-0.4, -0.2) is 62.6 Å². The number of aromatic nitrogens is 3. The van der Waals surface area contributed by atoms with Crippen molar-refractivity contribution in [2.45, 2.75) is 59.6 Å². The van der Waals surface area contributed by atoms with E-state index in [4.69, 9.17) is 19.8 Å². The van der Waals surface area contributed by atoms with Crippen LogP contribution in [0.5, 0.6) is 0 Å². The van der Waals surface area contributed by atoms with E-state index in [9.17, 15) is 4.79 Å². The van der Waals surface area contributed by atoms with Gasteiger partial charge in [0.05, 0.1) is 11.4 Å². The number of carbonyl (C=O) groups excluding carboxylic acids is 1. The molecule has 2 aromatic heterocycles. The number of carbonyl (C=O) groups is 1. The van der Waals surface area contributed by atoms with E-state index in [1.54, 1.807) is 0 Å². The molecule has 0 aliphatic carbocycles. The van der Waals surface area contributed by atoms with Crippen LogP contribution in [0, 0.1) is 6.92 Å². The van der Waals surface area contributed by atoms with Gasteiger partial charge in [0.2, 0.25) is 0 Å². The zero-order chi connectivity index (χ0) is 28.4. The number of anilines is 1. The van der Waals surface area contributed by atoms with Crippen molar-refractivity contribution in [2.75, 3.05) is 24.5 Å². The molecule has 0 saturated carbocycles. The lowest BCUT2D eigenvalue weighted by Crippen LogP contribution is -2.55. The highest BCUT2D eigenvalue weighted by Gasteiger charge is 2.32. The predicted octanol–water partition coefficient (Wildman–Crippen LogP) is 6.21. The van der Waals surface area contributed by atoms with Crippen molar-refractivity contribution in [3.8, 4) is 0 Å². The molecule has 0 N–H and O–H groups in total. The number of aliphatic imine (C=N–C) groups is 1. The first-order valence-electron chi connectivity index (χ1n) is 14.0. The van der Waals surface area contributed by atoms with E-state index >= 15 is 0 Å². The van der Waals surface area contributed by atoms with Gasteiger partial charge in [0.15, 0.2) is 5.65 Å². The van der Waals surface area contributed by atoms with Crippen LogP contribution in [0.4, 0.5) is 16.3 Å². The highest BCUT2D eigenvalue weighted by atomic mass is 16.6. The van der Waals surface area contributed by atoms with Crippen LogP contribution in [0.2, 0.25) is 0 Å². The summed E-state index contributed by atoms with van der Waals surface area (Å²) in [4.78, 5) is 27.2. The van der Waals surface area contributed by atoms with Gasteiger partial charge in [-0.2, -0.15) is 5.10 Å². The fraction of sp³-hybridized carbons (Fsp3) is 0.375. The third-order valence-electron chi connectivity index (χ3n) is 7.03. The summed E-state index contributed by atoms with van der Waals surface area (Å²) in [6.07, 6.45) is 0.466. The highest BCUT2D eigenvalue weighted by Crippen LogP contribution is 2.30. The Kier molecular flexibility index (Phi) is 7.61. The van der Waals surface area contributed by atoms with Gasteiger partial charge in [-0.1, -0.05) is 67.6 Å². The van der Waals surface area contributed by atoms with Crippen LogP contribution >= 0.6 is 0 Å². The molecule has 1 atom stereocenters. The molecular formula is C32H38N6O2. The molecule has 208 valence electrons. The smallest absolute Gasteiger partial charge is 0.410 e. The second kappa shape index (κ2) is 11.1. The van der Waals surface area contributed by atoms with Gasteiger partial charge in [-0.05, 0) is 41.0 Å². The number of amides is 1. The van der Waals surface area contributed by atoms with Gasteiger partial charge in [0.25, 0.3) is 0 Å². The van der Waals surface area contributed by atoms with Crippen LogP contribution in [0.1, 0.15) is 57.1 Å². The number of fused-ring (bicyclic) bond motifs is 1. The number of hydrogen-bond donors (Lipinski definition) is 0. The molecular weight excluding hydrogens is 500 g/mol. The summed E-state index contributed by atoms with van der Waals surface area (Å²) < 4.78 is 7.53. The summed E-state index contributed by atoms with van der Waals surface area (Å²) in [5.74, 6) is 0.862. The first-order chi connectivity index (χ1) is 19.1. The van der Waals surface area contributed by atoms with E-state index in [1.807, 2.05) is 73.5 Å². The largest absolute Gasteiger partial charge is 0.444 e. The summed E-state index contributed by atoms with van der Waals surface area (Å²) in [5, 5.41) is 4.90. The lowest BCUT2D eigenvalue weighted by molar-refractivity contribution is 0.0158. The van der Waals surface area contributed by atoms with Crippen LogP contribution in [0.3, 0.4) is 0 Å². The minimum atomic E-state index is -0.522. The molecule has 3 heterocycles. The number of hydrogen-bond acceptors (Lipinski definition) is 6. The van der Waals surface area contributed by atoms with E-state index in [1.165, 1.54) is 0 Å². The maximum absolute atomic E-state index is 12.8. The zero-order valence-corrected chi connectivity index (χ0v) is 24.3. The van der Waals surface area contributed by atoms with Crippen molar-refractivity contribution in [3.63, 3.8) is 0 Å². The molecule has 8 nitrogen and oxygen atoms in total. The van der Waals surface area contributed by atoms with Crippen molar-refractivity contribution >= 4 is 29.0 Å². The van der Waals surface area contributed by atoms with E-state index in [0.717, 1.165) is 51.8 Å². The summed E-state index contributed by atoms with van der Waals surface area (Å²) >= 11 is 0. The van der Waals surface area contributed by atoms with Crippen LogP contribution in [-0.2, 0) is 11.2 Å². The van der Waals surface area contributed by atoms with Crippen LogP contribution < -0.4 is 4.90 Å². The summed E-state index contributed by atoms with van der Waals surface area (Å²) in [6.45, 7) is 13.8. The minimum Gasteiger partial charge on any atom is -0.444 e. The maximum Gasteiger partial charge on any atom is 0.410 e. The van der Waals surface area contributed by atoms with Gasteiger partial charge < -0.3 is 14.5 Å². The molecule has 0 unspecified atom stereocenters. The van der Waals surface area contributed by atoms with Gasteiger partial charge in [-0.25, -0.2) is 19.3 Å². The topological polar surface area (TPSA) is 75.3 Å². The number of piperazine rings is 1. The third kappa shape index (κ3) is 5.71. The van der Waals surface area contributed by atoms with Gasteiger partial charge >= 0.3 is 6.09 Å². The van der Waals surface area contributed by atoms with Gasteiger partial charge in [-0.15, -0.1) is 0 Å². The minimum absolute atomic E-state index is 0.0155. The summed E-state index contributed by atoms with van der Waals surface area (Å²) in [7, 11) is 0. The zero-order valence-electron chi connectivity index (χ0n) is 24.3. The lowest BCUT2D eigenvalue weighted by atomic mass is 10.0. The fourth-order valence-electron chi connectivity index (χ4n) is 5.05. The first-order valence-corrected chi connectivity index (χ1v) is 14.0. The Labute approximate surface area is 236 Å². The molecule has 2 aromatic carbocycles. The molecule has 0 radical (unpaired) electrons. The number of nitrogens with zero attached hydrogens (tertiary/aromatic N) is 6. The Hall–Kier alpha value is -4.20. The van der Waals surface area contributed by atoms with Crippen molar-refractivity contribution in [2.24, 2.45) is 4.99 Å². The lowest BCUT2D eigenvalue weighted by Gasteiger charge is -2.40. The monoisotopic (exact) mass is 538 g/mol. The second-order valence-electron chi connectivity index (χ2n) is 11.3. The quantitative estimate of drug-likeness (QED) is 0.282. The molecule has 1 saturated heterocycles. The molecule has 4 aromatic rings. The van der Waals surface area contributed by atoms with Crippen LogP contribution in [0.25, 0.3) is 5.65 Å². The normalized spacial score (nSPS) is 15.8. The Morgan fingerprint density at radius 2 is 1.65 bits per heavy atom. The van der Waals surface area contributed by atoms with Gasteiger partial charge in [-0.3, -0.25) is 0 Å². The molecule has 8 heteroatoms. The van der Waals surface area contributed by atoms with Crippen molar-refractivity contribution in [1.82, 2.24) is 19.5 Å². The Morgan fingerprint density at radius 1 is 1.02 bits per heavy atom. The fourth-order valence-corrected chi connectivity index (χ4v) is 5.05. The number of benzene rings is 2. The number of ether oxygens (including phenoxy) is 1. The van der Waals surface area contributed by atoms with Gasteiger partial charge in [0.1, 0.15) is 17.1 Å². The molecule has 0 spiro atoms. The van der Waals surface area contributed by atoms with E-state index in [2.05, 4.69) is 49.1 Å². The molecule has 1 fully saturated rings. The standard InChI is InChI=1S/C32H38N6O2/c1-7-26-29(34-28(24-14-10-8-11-15-24)25-16-12-9-13-17-25)30-33-27(20-22(2)38(30)35-26)36-18-19-37(23(3)21-36)31(39)40-32(4,5)6/h8-17,20,23H,7,18-19,21H2,1-6H3/t23-/m0/s1. The molecule has 0 bridgehead atoms.